The fourth-order valence-electron chi connectivity index (χ4n) is 3.91. The van der Waals surface area contributed by atoms with Crippen LogP contribution < -0.4 is 5.73 Å². The molecule has 0 saturated carbocycles. The lowest BCUT2D eigenvalue weighted by atomic mass is 9.90. The largest absolute Gasteiger partial charge is 0.417 e. The summed E-state index contributed by atoms with van der Waals surface area (Å²) in [6, 6.07) is 9.15. The van der Waals surface area contributed by atoms with E-state index in [0.29, 0.717) is 35.1 Å². The summed E-state index contributed by atoms with van der Waals surface area (Å²) < 4.78 is 40.3. The highest BCUT2D eigenvalue weighted by Gasteiger charge is 2.34. The van der Waals surface area contributed by atoms with Crippen molar-refractivity contribution >= 4 is 28.4 Å². The van der Waals surface area contributed by atoms with Crippen LogP contribution in [0.15, 0.2) is 42.7 Å². The van der Waals surface area contributed by atoms with Crippen LogP contribution in [0.3, 0.4) is 0 Å². The van der Waals surface area contributed by atoms with Crippen LogP contribution in [0.5, 0.6) is 0 Å². The van der Waals surface area contributed by atoms with Crippen molar-refractivity contribution < 1.29 is 18.0 Å². The number of halogens is 4. The Labute approximate surface area is 182 Å². The summed E-state index contributed by atoms with van der Waals surface area (Å²) in [6.07, 6.45) is -1.73. The topological polar surface area (TPSA) is 72.1 Å². The number of likely N-dealkylation sites (tertiary alicyclic amines) is 1. The van der Waals surface area contributed by atoms with E-state index in [1.165, 1.54) is 12.4 Å². The smallest absolute Gasteiger partial charge is 0.366 e. The highest BCUT2D eigenvalue weighted by Crippen LogP contribution is 2.37. The summed E-state index contributed by atoms with van der Waals surface area (Å²) in [4.78, 5) is 22.5. The maximum absolute atomic E-state index is 13.4. The Morgan fingerprint density at radius 2 is 1.97 bits per heavy atom. The molecule has 9 heteroatoms. The number of para-hydroxylation sites is 1. The fraction of sp³-hybridized carbons (Fsp3) is 0.318. The SMILES string of the molecule is NC(=O)c1cccc2c(C[C@H](CN3CCC3)c3ccc(Cl)c(C(F)(F)F)c3)ncnc12. The van der Waals surface area contributed by atoms with E-state index in [1.807, 2.05) is 0 Å². The molecule has 5 nitrogen and oxygen atoms in total. The van der Waals surface area contributed by atoms with Crippen molar-refractivity contribution in [3.63, 3.8) is 0 Å². The number of aromatic nitrogens is 2. The molecule has 1 atom stereocenters. The van der Waals surface area contributed by atoms with E-state index in [4.69, 9.17) is 17.3 Å². The van der Waals surface area contributed by atoms with Gasteiger partial charge in [0.15, 0.2) is 0 Å². The van der Waals surface area contributed by atoms with Crippen LogP contribution in [-0.2, 0) is 12.6 Å². The minimum absolute atomic E-state index is 0.242. The Kier molecular flexibility index (Phi) is 5.85. The zero-order valence-electron chi connectivity index (χ0n) is 16.5. The van der Waals surface area contributed by atoms with Gasteiger partial charge >= 0.3 is 6.18 Å². The van der Waals surface area contributed by atoms with E-state index < -0.39 is 17.6 Å². The number of hydrogen-bond donors (Lipinski definition) is 1. The number of carbonyl (C=O) groups is 1. The van der Waals surface area contributed by atoms with Crippen LogP contribution in [0, 0.1) is 0 Å². The second-order valence-electron chi connectivity index (χ2n) is 7.68. The maximum Gasteiger partial charge on any atom is 0.417 e. The van der Waals surface area contributed by atoms with E-state index in [-0.39, 0.29) is 16.5 Å². The molecule has 1 amide bonds. The molecule has 0 aliphatic carbocycles. The molecule has 0 spiro atoms. The van der Waals surface area contributed by atoms with Crippen molar-refractivity contribution in [2.24, 2.45) is 5.73 Å². The molecule has 0 bridgehead atoms. The van der Waals surface area contributed by atoms with Gasteiger partial charge in [-0.25, -0.2) is 9.97 Å². The molecular formula is C22H20ClF3N4O. The molecule has 0 radical (unpaired) electrons. The van der Waals surface area contributed by atoms with Gasteiger partial charge in [0, 0.05) is 17.8 Å². The highest BCUT2D eigenvalue weighted by molar-refractivity contribution is 6.31. The van der Waals surface area contributed by atoms with E-state index in [1.54, 1.807) is 24.3 Å². The van der Waals surface area contributed by atoms with Crippen molar-refractivity contribution in [3.8, 4) is 0 Å². The van der Waals surface area contributed by atoms with E-state index in [9.17, 15) is 18.0 Å². The van der Waals surface area contributed by atoms with E-state index in [0.717, 1.165) is 25.6 Å². The van der Waals surface area contributed by atoms with Crippen LogP contribution in [0.2, 0.25) is 5.02 Å². The van der Waals surface area contributed by atoms with Gasteiger partial charge in [-0.05, 0) is 49.7 Å². The summed E-state index contributed by atoms with van der Waals surface area (Å²) >= 11 is 5.82. The molecule has 2 heterocycles. The monoisotopic (exact) mass is 448 g/mol. The van der Waals surface area contributed by atoms with Gasteiger partial charge in [-0.1, -0.05) is 29.8 Å². The third-order valence-corrected chi connectivity index (χ3v) is 5.98. The second kappa shape index (κ2) is 8.43. The Bertz CT molecular complexity index is 1130. The summed E-state index contributed by atoms with van der Waals surface area (Å²) in [5, 5.41) is 0.343. The van der Waals surface area contributed by atoms with E-state index in [2.05, 4.69) is 14.9 Å². The minimum atomic E-state index is -4.54. The van der Waals surface area contributed by atoms with Crippen LogP contribution in [-0.4, -0.2) is 40.4 Å². The van der Waals surface area contributed by atoms with Crippen molar-refractivity contribution in [1.29, 1.82) is 0 Å². The van der Waals surface area contributed by atoms with Crippen LogP contribution >= 0.6 is 11.6 Å². The standard InChI is InChI=1S/C22H20ClF3N4O/c23-18-6-5-13(9-17(18)22(24,25)26)14(11-30-7-2-8-30)10-19-15-3-1-4-16(21(27)31)20(15)29-12-28-19/h1,3-6,9,12,14H,2,7-8,10-11H2,(H2,27,31)/t14-/m1/s1. The molecule has 162 valence electrons. The predicted octanol–water partition coefficient (Wildman–Crippen LogP) is 4.43. The Hall–Kier alpha value is -2.71. The lowest BCUT2D eigenvalue weighted by molar-refractivity contribution is -0.137. The van der Waals surface area contributed by atoms with Crippen molar-refractivity contribution in [3.05, 3.63) is 70.1 Å². The van der Waals surface area contributed by atoms with Gasteiger partial charge in [0.05, 0.1) is 27.4 Å². The Morgan fingerprint density at radius 1 is 1.19 bits per heavy atom. The quantitative estimate of drug-likeness (QED) is 0.605. The van der Waals surface area contributed by atoms with Crippen molar-refractivity contribution in [2.75, 3.05) is 19.6 Å². The second-order valence-corrected chi connectivity index (χ2v) is 8.09. The molecule has 1 aliphatic heterocycles. The third kappa shape index (κ3) is 4.50. The summed E-state index contributed by atoms with van der Waals surface area (Å²) in [7, 11) is 0. The molecule has 2 aromatic carbocycles. The number of carbonyl (C=O) groups excluding carboxylic acids is 1. The molecule has 1 saturated heterocycles. The number of amides is 1. The molecular weight excluding hydrogens is 429 g/mol. The number of alkyl halides is 3. The van der Waals surface area contributed by atoms with Gasteiger partial charge in [0.2, 0.25) is 0 Å². The predicted molar refractivity (Wildman–Crippen MR) is 112 cm³/mol. The molecule has 1 aliphatic rings. The number of fused-ring (bicyclic) bond motifs is 1. The number of nitrogens with zero attached hydrogens (tertiary/aromatic N) is 3. The molecule has 0 unspecified atom stereocenters. The van der Waals surface area contributed by atoms with Gasteiger partial charge in [0.25, 0.3) is 5.91 Å². The van der Waals surface area contributed by atoms with Crippen molar-refractivity contribution in [1.82, 2.24) is 14.9 Å². The molecule has 1 fully saturated rings. The van der Waals surface area contributed by atoms with Gasteiger partial charge < -0.3 is 10.6 Å². The first kappa shape index (κ1) is 21.5. The summed E-state index contributed by atoms with van der Waals surface area (Å²) in [5.41, 5.74) is 6.54. The average Bonchev–Trinajstić information content (AvgIpc) is 2.68. The Balaban J connectivity index is 1.75. The first-order chi connectivity index (χ1) is 14.7. The normalized spacial score (nSPS) is 15.6. The highest BCUT2D eigenvalue weighted by atomic mass is 35.5. The third-order valence-electron chi connectivity index (χ3n) is 5.65. The number of rotatable bonds is 6. The van der Waals surface area contributed by atoms with Crippen molar-refractivity contribution in [2.45, 2.75) is 24.9 Å². The van der Waals surface area contributed by atoms with Gasteiger partial charge in [0.1, 0.15) is 6.33 Å². The minimum Gasteiger partial charge on any atom is -0.366 e. The van der Waals surface area contributed by atoms with Gasteiger partial charge in [-0.15, -0.1) is 0 Å². The summed E-state index contributed by atoms with van der Waals surface area (Å²) in [6.45, 7) is 2.42. The molecule has 3 aromatic rings. The maximum atomic E-state index is 13.4. The zero-order chi connectivity index (χ0) is 22.2. The number of benzene rings is 2. The van der Waals surface area contributed by atoms with Crippen LogP contribution in [0.25, 0.3) is 10.9 Å². The molecule has 4 rings (SSSR count). The first-order valence-corrected chi connectivity index (χ1v) is 10.2. The number of primary amides is 1. The first-order valence-electron chi connectivity index (χ1n) is 9.85. The Morgan fingerprint density at radius 3 is 2.61 bits per heavy atom. The fourth-order valence-corrected chi connectivity index (χ4v) is 4.14. The number of hydrogen-bond acceptors (Lipinski definition) is 4. The zero-order valence-corrected chi connectivity index (χ0v) is 17.2. The number of nitrogens with two attached hydrogens (primary N) is 1. The van der Waals surface area contributed by atoms with Gasteiger partial charge in [-0.2, -0.15) is 13.2 Å². The van der Waals surface area contributed by atoms with Crippen LogP contribution in [0.4, 0.5) is 13.2 Å². The average molecular weight is 449 g/mol. The molecule has 31 heavy (non-hydrogen) atoms. The lowest BCUT2D eigenvalue weighted by Crippen LogP contribution is -2.40. The van der Waals surface area contributed by atoms with Crippen LogP contribution in [0.1, 0.15) is 39.5 Å². The lowest BCUT2D eigenvalue weighted by Gasteiger charge is -2.34. The van der Waals surface area contributed by atoms with Gasteiger partial charge in [-0.3, -0.25) is 4.79 Å². The summed E-state index contributed by atoms with van der Waals surface area (Å²) in [5.74, 6) is -0.839. The molecule has 2 N–H and O–H groups in total. The van der Waals surface area contributed by atoms with E-state index >= 15 is 0 Å². The molecule has 1 aromatic heterocycles.